The summed E-state index contributed by atoms with van der Waals surface area (Å²) in [6.45, 7) is 2.84. The molecule has 3 nitrogen and oxygen atoms in total. The first-order chi connectivity index (χ1) is 6.83. The van der Waals surface area contributed by atoms with Gasteiger partial charge in [-0.25, -0.2) is 0 Å². The van der Waals surface area contributed by atoms with E-state index in [0.717, 1.165) is 22.0 Å². The van der Waals surface area contributed by atoms with E-state index < -0.39 is 0 Å². The first-order valence-corrected chi connectivity index (χ1v) is 6.01. The highest BCUT2D eigenvalue weighted by Gasteiger charge is 2.12. The van der Waals surface area contributed by atoms with E-state index in [-0.39, 0.29) is 5.56 Å². The fourth-order valence-corrected chi connectivity index (χ4v) is 2.89. The van der Waals surface area contributed by atoms with Gasteiger partial charge in [0.05, 0.1) is 5.56 Å². The lowest BCUT2D eigenvalue weighted by molar-refractivity contribution is 1.23. The predicted octanol–water partition coefficient (Wildman–Crippen LogP) is 2.60. The number of hydrogen-bond acceptors (Lipinski definition) is 4. The molecular weight excluding hydrogens is 216 g/mol. The minimum atomic E-state index is -0.00611. The van der Waals surface area contributed by atoms with Crippen LogP contribution in [0.15, 0.2) is 22.3 Å². The molecule has 0 bridgehead atoms. The van der Waals surface area contributed by atoms with Crippen molar-refractivity contribution in [3.8, 4) is 10.4 Å². The van der Waals surface area contributed by atoms with Crippen LogP contribution in [0.3, 0.4) is 0 Å². The van der Waals surface area contributed by atoms with Crippen LogP contribution in [0.1, 0.15) is 6.92 Å². The fourth-order valence-electron chi connectivity index (χ4n) is 1.23. The Bertz CT molecular complexity index is 455. The minimum absolute atomic E-state index is 0.00611. The zero-order chi connectivity index (χ0) is 9.97. The van der Waals surface area contributed by atoms with Crippen molar-refractivity contribution in [1.29, 1.82) is 0 Å². The van der Waals surface area contributed by atoms with Gasteiger partial charge in [-0.2, -0.15) is 0 Å². The molecular formula is C9H10N2OS2. The van der Waals surface area contributed by atoms with Crippen LogP contribution in [0.5, 0.6) is 0 Å². The number of aromatic nitrogens is 1. The van der Waals surface area contributed by atoms with Gasteiger partial charge in [0, 0.05) is 11.4 Å². The summed E-state index contributed by atoms with van der Waals surface area (Å²) in [4.78, 5) is 12.6. The van der Waals surface area contributed by atoms with Crippen molar-refractivity contribution in [2.45, 2.75) is 6.92 Å². The quantitative estimate of drug-likeness (QED) is 0.845. The molecule has 2 heterocycles. The second-order valence-corrected chi connectivity index (χ2v) is 4.51. The average molecular weight is 226 g/mol. The van der Waals surface area contributed by atoms with E-state index in [9.17, 15) is 4.79 Å². The molecule has 0 aliphatic carbocycles. The molecule has 0 spiro atoms. The van der Waals surface area contributed by atoms with E-state index in [0.29, 0.717) is 0 Å². The average Bonchev–Trinajstić information content (AvgIpc) is 2.76. The topological polar surface area (TPSA) is 44.9 Å². The van der Waals surface area contributed by atoms with Crippen molar-refractivity contribution >= 4 is 27.9 Å². The Morgan fingerprint density at radius 2 is 2.43 bits per heavy atom. The SMILES string of the molecule is CCNc1s[nH]c(=O)c1-c1cccs1. The van der Waals surface area contributed by atoms with E-state index in [1.807, 2.05) is 24.4 Å². The third-order valence-corrected chi connectivity index (χ3v) is 3.53. The van der Waals surface area contributed by atoms with Crippen molar-refractivity contribution in [3.63, 3.8) is 0 Å². The summed E-state index contributed by atoms with van der Waals surface area (Å²) in [5, 5.41) is 6.08. The maximum atomic E-state index is 11.5. The summed E-state index contributed by atoms with van der Waals surface area (Å²) in [5.41, 5.74) is 0.764. The maximum absolute atomic E-state index is 11.5. The number of aromatic amines is 1. The second kappa shape index (κ2) is 3.98. The molecule has 0 aliphatic rings. The molecule has 0 amide bonds. The van der Waals surface area contributed by atoms with Gasteiger partial charge in [-0.1, -0.05) is 6.07 Å². The van der Waals surface area contributed by atoms with E-state index in [4.69, 9.17) is 0 Å². The van der Waals surface area contributed by atoms with Crippen LogP contribution in [0.4, 0.5) is 5.00 Å². The lowest BCUT2D eigenvalue weighted by atomic mass is 10.3. The number of anilines is 1. The molecule has 0 saturated heterocycles. The lowest BCUT2D eigenvalue weighted by Gasteiger charge is -1.99. The normalized spacial score (nSPS) is 10.4. The van der Waals surface area contributed by atoms with E-state index in [2.05, 4.69) is 9.69 Å². The summed E-state index contributed by atoms with van der Waals surface area (Å²) in [6, 6.07) is 3.91. The van der Waals surface area contributed by atoms with Gasteiger partial charge in [0.1, 0.15) is 5.00 Å². The van der Waals surface area contributed by atoms with Gasteiger partial charge in [0.15, 0.2) is 0 Å². The largest absolute Gasteiger partial charge is 0.375 e. The molecule has 0 saturated carbocycles. The Hall–Kier alpha value is -1.07. The number of hydrogen-bond donors (Lipinski definition) is 2. The number of rotatable bonds is 3. The smallest absolute Gasteiger partial charge is 0.268 e. The van der Waals surface area contributed by atoms with Crippen LogP contribution < -0.4 is 10.9 Å². The first kappa shape index (κ1) is 9.48. The van der Waals surface area contributed by atoms with E-state index in [1.54, 1.807) is 11.3 Å². The second-order valence-electron chi connectivity index (χ2n) is 2.75. The van der Waals surface area contributed by atoms with E-state index >= 15 is 0 Å². The van der Waals surface area contributed by atoms with Crippen molar-refractivity contribution in [3.05, 3.63) is 27.9 Å². The molecule has 14 heavy (non-hydrogen) atoms. The van der Waals surface area contributed by atoms with Gasteiger partial charge >= 0.3 is 0 Å². The Balaban J connectivity index is 2.50. The molecule has 0 aromatic carbocycles. The molecule has 2 aromatic rings. The Morgan fingerprint density at radius 3 is 3.07 bits per heavy atom. The molecule has 0 unspecified atom stereocenters. The standard InChI is InChI=1S/C9H10N2OS2/c1-2-10-9-7(8(12)11-14-9)6-4-3-5-13-6/h3-5,10H,2H2,1H3,(H,11,12). The first-order valence-electron chi connectivity index (χ1n) is 4.32. The lowest BCUT2D eigenvalue weighted by Crippen LogP contribution is -2.02. The highest BCUT2D eigenvalue weighted by Crippen LogP contribution is 2.30. The molecule has 0 atom stereocenters. The monoisotopic (exact) mass is 226 g/mol. The van der Waals surface area contributed by atoms with Gasteiger partial charge in [-0.05, 0) is 29.9 Å². The number of nitrogens with one attached hydrogen (secondary N) is 2. The third kappa shape index (κ3) is 1.60. The fraction of sp³-hybridized carbons (Fsp3) is 0.222. The van der Waals surface area contributed by atoms with Gasteiger partial charge in [-0.3, -0.25) is 9.17 Å². The highest BCUT2D eigenvalue weighted by molar-refractivity contribution is 7.15. The summed E-state index contributed by atoms with van der Waals surface area (Å²) < 4.78 is 2.74. The van der Waals surface area contributed by atoms with Crippen molar-refractivity contribution in [2.24, 2.45) is 0 Å². The van der Waals surface area contributed by atoms with Crippen LogP contribution >= 0.6 is 22.9 Å². The third-order valence-electron chi connectivity index (χ3n) is 1.80. The maximum Gasteiger partial charge on any atom is 0.268 e. The van der Waals surface area contributed by atoms with Gasteiger partial charge in [0.25, 0.3) is 5.56 Å². The van der Waals surface area contributed by atoms with Gasteiger partial charge in [-0.15, -0.1) is 11.3 Å². The summed E-state index contributed by atoms with van der Waals surface area (Å²) in [5.74, 6) is 0. The summed E-state index contributed by atoms with van der Waals surface area (Å²) in [6.07, 6.45) is 0. The molecule has 0 radical (unpaired) electrons. The summed E-state index contributed by atoms with van der Waals surface area (Å²) in [7, 11) is 0. The minimum Gasteiger partial charge on any atom is -0.375 e. The molecule has 2 rings (SSSR count). The molecule has 0 fully saturated rings. The van der Waals surface area contributed by atoms with Crippen LogP contribution in [0.25, 0.3) is 10.4 Å². The van der Waals surface area contributed by atoms with Crippen molar-refractivity contribution in [1.82, 2.24) is 4.37 Å². The van der Waals surface area contributed by atoms with Crippen LogP contribution in [0, 0.1) is 0 Å². The molecule has 74 valence electrons. The van der Waals surface area contributed by atoms with Crippen molar-refractivity contribution < 1.29 is 0 Å². The van der Waals surface area contributed by atoms with Gasteiger partial charge in [0.2, 0.25) is 0 Å². The Kier molecular flexibility index (Phi) is 2.69. The van der Waals surface area contributed by atoms with Crippen LogP contribution in [-0.4, -0.2) is 10.9 Å². The molecule has 0 aliphatic heterocycles. The van der Waals surface area contributed by atoms with Gasteiger partial charge < -0.3 is 5.32 Å². The predicted molar refractivity (Wildman–Crippen MR) is 62.4 cm³/mol. The Morgan fingerprint density at radius 1 is 1.57 bits per heavy atom. The van der Waals surface area contributed by atoms with Crippen molar-refractivity contribution in [2.75, 3.05) is 11.9 Å². The van der Waals surface area contributed by atoms with Crippen LogP contribution in [-0.2, 0) is 0 Å². The number of H-pyrrole nitrogens is 1. The Labute approximate surface area is 89.6 Å². The summed E-state index contributed by atoms with van der Waals surface area (Å²) >= 11 is 2.94. The highest BCUT2D eigenvalue weighted by atomic mass is 32.1. The van der Waals surface area contributed by atoms with E-state index in [1.165, 1.54) is 11.5 Å². The zero-order valence-electron chi connectivity index (χ0n) is 7.66. The molecule has 2 N–H and O–H groups in total. The zero-order valence-corrected chi connectivity index (χ0v) is 9.30. The molecule has 2 aromatic heterocycles. The number of thiophene rings is 1. The van der Waals surface area contributed by atoms with Crippen LogP contribution in [0.2, 0.25) is 0 Å². The molecule has 5 heteroatoms.